The zero-order valence-corrected chi connectivity index (χ0v) is 16.6. The molecule has 0 radical (unpaired) electrons. The summed E-state index contributed by atoms with van der Waals surface area (Å²) in [6.45, 7) is 3.30. The molecule has 27 heavy (non-hydrogen) atoms. The first-order valence-electron chi connectivity index (χ1n) is 9.30. The molecule has 0 spiro atoms. The van der Waals surface area contributed by atoms with Gasteiger partial charge in [0.15, 0.2) is 0 Å². The average Bonchev–Trinajstić information content (AvgIpc) is 3.19. The molecule has 2 unspecified atom stereocenters. The number of benzene rings is 1. The van der Waals surface area contributed by atoms with Crippen LogP contribution in [0.5, 0.6) is 0 Å². The third kappa shape index (κ3) is 4.62. The fourth-order valence-corrected chi connectivity index (χ4v) is 3.94. The number of nitrogens with zero attached hydrogens (tertiary/aromatic N) is 3. The summed E-state index contributed by atoms with van der Waals surface area (Å²) in [4.78, 5) is 19.3. The SMILES string of the molecule is Cl.O=C(C1CCCNC1)N1CCCC(c2nc(-c3ccc(Cl)cc3)no2)C1. The van der Waals surface area contributed by atoms with E-state index in [9.17, 15) is 4.79 Å². The van der Waals surface area contributed by atoms with E-state index in [-0.39, 0.29) is 30.2 Å². The van der Waals surface area contributed by atoms with Crippen molar-refractivity contribution in [2.45, 2.75) is 31.6 Å². The van der Waals surface area contributed by atoms with E-state index >= 15 is 0 Å². The molecule has 2 aliphatic rings. The standard InChI is InChI=1S/C19H23ClN4O2.ClH/c20-16-7-5-13(6-8-16)17-22-18(26-23-17)15-4-2-10-24(12-15)19(25)14-3-1-9-21-11-14;/h5-8,14-15,21H,1-4,9-12H2;1H. The van der Waals surface area contributed by atoms with Crippen LogP contribution in [0, 0.1) is 5.92 Å². The molecule has 1 aromatic carbocycles. The van der Waals surface area contributed by atoms with Gasteiger partial charge in [0, 0.05) is 30.2 Å². The lowest BCUT2D eigenvalue weighted by Crippen LogP contribution is -2.46. The Labute approximate surface area is 170 Å². The molecule has 1 amide bonds. The first-order chi connectivity index (χ1) is 12.7. The summed E-state index contributed by atoms with van der Waals surface area (Å²) in [5.74, 6) is 1.66. The van der Waals surface area contributed by atoms with Crippen molar-refractivity contribution >= 4 is 29.9 Å². The number of aromatic nitrogens is 2. The number of hydrogen-bond donors (Lipinski definition) is 1. The Kier molecular flexibility index (Phi) is 6.73. The molecule has 2 saturated heterocycles. The van der Waals surface area contributed by atoms with E-state index in [0.717, 1.165) is 50.9 Å². The molecule has 146 valence electrons. The van der Waals surface area contributed by atoms with Gasteiger partial charge in [0.05, 0.1) is 11.8 Å². The molecule has 2 atom stereocenters. The summed E-state index contributed by atoms with van der Waals surface area (Å²) in [5, 5.41) is 8.11. The van der Waals surface area contributed by atoms with Crippen LogP contribution in [0.3, 0.4) is 0 Å². The third-order valence-electron chi connectivity index (χ3n) is 5.27. The summed E-state index contributed by atoms with van der Waals surface area (Å²) in [6, 6.07) is 7.38. The number of carbonyl (C=O) groups is 1. The Morgan fingerprint density at radius 2 is 2.04 bits per heavy atom. The van der Waals surface area contributed by atoms with Crippen molar-refractivity contribution in [1.82, 2.24) is 20.4 Å². The number of likely N-dealkylation sites (tertiary alicyclic amines) is 1. The summed E-state index contributed by atoms with van der Waals surface area (Å²) in [5.41, 5.74) is 0.876. The van der Waals surface area contributed by atoms with E-state index in [1.165, 1.54) is 0 Å². The van der Waals surface area contributed by atoms with Gasteiger partial charge >= 0.3 is 0 Å². The van der Waals surface area contributed by atoms with Gasteiger partial charge in [0.25, 0.3) is 0 Å². The molecule has 0 aliphatic carbocycles. The van der Waals surface area contributed by atoms with Gasteiger partial charge in [0.1, 0.15) is 0 Å². The van der Waals surface area contributed by atoms with Crippen LogP contribution < -0.4 is 5.32 Å². The van der Waals surface area contributed by atoms with Crippen molar-refractivity contribution < 1.29 is 9.32 Å². The Bertz CT molecular complexity index is 759. The van der Waals surface area contributed by atoms with Crippen LogP contribution in [-0.4, -0.2) is 47.1 Å². The maximum Gasteiger partial charge on any atom is 0.231 e. The van der Waals surface area contributed by atoms with Crippen molar-refractivity contribution in [3.8, 4) is 11.4 Å². The largest absolute Gasteiger partial charge is 0.342 e. The lowest BCUT2D eigenvalue weighted by Gasteiger charge is -2.34. The predicted molar refractivity (Wildman–Crippen MR) is 106 cm³/mol. The van der Waals surface area contributed by atoms with Crippen LogP contribution in [0.1, 0.15) is 37.5 Å². The lowest BCUT2D eigenvalue weighted by molar-refractivity contribution is -0.137. The van der Waals surface area contributed by atoms with Crippen LogP contribution in [0.25, 0.3) is 11.4 Å². The van der Waals surface area contributed by atoms with E-state index in [4.69, 9.17) is 16.1 Å². The molecule has 1 N–H and O–H groups in total. The monoisotopic (exact) mass is 410 g/mol. The molecule has 8 heteroatoms. The highest BCUT2D eigenvalue weighted by Gasteiger charge is 2.32. The van der Waals surface area contributed by atoms with Crippen molar-refractivity contribution in [2.75, 3.05) is 26.2 Å². The molecule has 2 aromatic rings. The number of nitrogens with one attached hydrogen (secondary N) is 1. The molecule has 3 heterocycles. The molecule has 4 rings (SSSR count). The highest BCUT2D eigenvalue weighted by Crippen LogP contribution is 2.29. The smallest absolute Gasteiger partial charge is 0.231 e. The topological polar surface area (TPSA) is 71.3 Å². The molecular weight excluding hydrogens is 387 g/mol. The van der Waals surface area contributed by atoms with Gasteiger partial charge in [-0.2, -0.15) is 4.98 Å². The molecule has 2 aliphatic heterocycles. The van der Waals surface area contributed by atoms with E-state index in [2.05, 4.69) is 15.5 Å². The van der Waals surface area contributed by atoms with Crippen LogP contribution in [0.4, 0.5) is 0 Å². The third-order valence-corrected chi connectivity index (χ3v) is 5.52. The van der Waals surface area contributed by atoms with E-state index in [1.54, 1.807) is 0 Å². The average molecular weight is 411 g/mol. The zero-order chi connectivity index (χ0) is 17.9. The van der Waals surface area contributed by atoms with Crippen molar-refractivity contribution in [3.63, 3.8) is 0 Å². The minimum atomic E-state index is 0. The van der Waals surface area contributed by atoms with Gasteiger partial charge in [-0.15, -0.1) is 12.4 Å². The normalized spacial score (nSPS) is 22.9. The Balaban J connectivity index is 0.00000210. The molecule has 2 fully saturated rings. The summed E-state index contributed by atoms with van der Waals surface area (Å²) in [6.07, 6.45) is 3.99. The molecule has 0 bridgehead atoms. The van der Waals surface area contributed by atoms with E-state index in [0.29, 0.717) is 23.3 Å². The fourth-order valence-electron chi connectivity index (χ4n) is 3.82. The number of piperidine rings is 2. The highest BCUT2D eigenvalue weighted by atomic mass is 35.5. The fraction of sp³-hybridized carbons (Fsp3) is 0.526. The van der Waals surface area contributed by atoms with Crippen LogP contribution in [-0.2, 0) is 4.79 Å². The van der Waals surface area contributed by atoms with Crippen LogP contribution >= 0.6 is 24.0 Å². The van der Waals surface area contributed by atoms with Crippen molar-refractivity contribution in [3.05, 3.63) is 35.2 Å². The zero-order valence-electron chi connectivity index (χ0n) is 15.1. The number of amides is 1. The first-order valence-corrected chi connectivity index (χ1v) is 9.67. The summed E-state index contributed by atoms with van der Waals surface area (Å²) in [7, 11) is 0. The van der Waals surface area contributed by atoms with Gasteiger partial charge < -0.3 is 14.7 Å². The number of rotatable bonds is 3. The van der Waals surface area contributed by atoms with Crippen molar-refractivity contribution in [2.24, 2.45) is 5.92 Å². The second kappa shape index (κ2) is 9.04. The summed E-state index contributed by atoms with van der Waals surface area (Å²) >= 11 is 5.93. The molecular formula is C19H24Cl2N4O2. The molecule has 6 nitrogen and oxygen atoms in total. The second-order valence-electron chi connectivity index (χ2n) is 7.13. The van der Waals surface area contributed by atoms with Crippen LogP contribution in [0.15, 0.2) is 28.8 Å². The minimum Gasteiger partial charge on any atom is -0.342 e. The lowest BCUT2D eigenvalue weighted by atomic mass is 9.93. The summed E-state index contributed by atoms with van der Waals surface area (Å²) < 4.78 is 5.52. The Morgan fingerprint density at radius 3 is 2.78 bits per heavy atom. The quantitative estimate of drug-likeness (QED) is 0.837. The first kappa shape index (κ1) is 20.1. The van der Waals surface area contributed by atoms with Crippen LogP contribution in [0.2, 0.25) is 5.02 Å². The second-order valence-corrected chi connectivity index (χ2v) is 7.57. The number of hydrogen-bond acceptors (Lipinski definition) is 5. The Morgan fingerprint density at radius 1 is 1.22 bits per heavy atom. The highest BCUT2D eigenvalue weighted by molar-refractivity contribution is 6.30. The Hall–Kier alpha value is -1.63. The van der Waals surface area contributed by atoms with Gasteiger partial charge in [-0.25, -0.2) is 0 Å². The van der Waals surface area contributed by atoms with Gasteiger partial charge in [-0.1, -0.05) is 16.8 Å². The molecule has 0 saturated carbocycles. The predicted octanol–water partition coefficient (Wildman–Crippen LogP) is 3.52. The number of halogens is 2. The van der Waals surface area contributed by atoms with Crippen molar-refractivity contribution in [1.29, 1.82) is 0 Å². The van der Waals surface area contributed by atoms with E-state index in [1.807, 2.05) is 29.2 Å². The molecule has 1 aromatic heterocycles. The maximum absolute atomic E-state index is 12.8. The van der Waals surface area contributed by atoms with Gasteiger partial charge in [-0.05, 0) is 56.5 Å². The van der Waals surface area contributed by atoms with Gasteiger partial charge in [0.2, 0.25) is 17.6 Å². The van der Waals surface area contributed by atoms with Gasteiger partial charge in [-0.3, -0.25) is 4.79 Å². The number of carbonyl (C=O) groups excluding carboxylic acids is 1. The minimum absolute atomic E-state index is 0. The maximum atomic E-state index is 12.8. The van der Waals surface area contributed by atoms with E-state index < -0.39 is 0 Å².